The van der Waals surface area contributed by atoms with E-state index in [1.165, 1.54) is 0 Å². The molecule has 7 heteroatoms. The van der Waals surface area contributed by atoms with E-state index >= 15 is 0 Å². The fourth-order valence-corrected chi connectivity index (χ4v) is 4.48. The Hall–Kier alpha value is -3.35. The van der Waals surface area contributed by atoms with Gasteiger partial charge in [-0.2, -0.15) is 0 Å². The van der Waals surface area contributed by atoms with Crippen LogP contribution in [0.1, 0.15) is 59.2 Å². The molecule has 3 aromatic rings. The molecule has 1 N–H and O–H groups in total. The topological polar surface area (TPSA) is 76.5 Å². The number of ether oxygens (including phenoxy) is 1. The smallest absolute Gasteiger partial charge is 0.410 e. The van der Waals surface area contributed by atoms with Crippen molar-refractivity contribution in [1.82, 2.24) is 14.5 Å². The normalized spacial score (nSPS) is 16.3. The number of likely N-dealkylation sites (tertiary alicyclic amines) is 1. The van der Waals surface area contributed by atoms with Crippen LogP contribution in [0.15, 0.2) is 53.3 Å². The molecule has 1 atom stereocenters. The third-order valence-electron chi connectivity index (χ3n) is 6.17. The molecule has 1 aliphatic rings. The van der Waals surface area contributed by atoms with Crippen LogP contribution in [-0.2, 0) is 11.2 Å². The molecule has 4 rings (SSSR count). The molecule has 0 radical (unpaired) electrons. The minimum atomic E-state index is -0.501. The summed E-state index contributed by atoms with van der Waals surface area (Å²) in [6, 6.07) is 15.6. The molecule has 0 bridgehead atoms. The van der Waals surface area contributed by atoms with Gasteiger partial charge in [0.2, 0.25) is 0 Å². The van der Waals surface area contributed by atoms with E-state index in [9.17, 15) is 9.59 Å². The number of anilines is 1. The van der Waals surface area contributed by atoms with Gasteiger partial charge in [0.05, 0.1) is 16.6 Å². The second-order valence-corrected chi connectivity index (χ2v) is 10.2. The molecule has 0 unspecified atom stereocenters. The SMILES string of the molecule is CCCCc1nc2ccccc2c(=O)n1-c1ccc(N[C@@H]2CCCN(C(=O)OC(C)(C)C)C2)cc1. The molecule has 1 fully saturated rings. The maximum Gasteiger partial charge on any atom is 0.410 e. The first-order valence-electron chi connectivity index (χ1n) is 12.6. The Kier molecular flexibility index (Phi) is 7.43. The molecular formula is C28H36N4O3. The van der Waals surface area contributed by atoms with Crippen molar-refractivity contribution >= 4 is 22.7 Å². The number of amides is 1. The maximum atomic E-state index is 13.4. The van der Waals surface area contributed by atoms with Crippen LogP contribution < -0.4 is 10.9 Å². The lowest BCUT2D eigenvalue weighted by Crippen LogP contribution is -2.46. The molecule has 1 amide bonds. The van der Waals surface area contributed by atoms with Gasteiger partial charge in [-0.05, 0) is 76.4 Å². The minimum absolute atomic E-state index is 0.0392. The van der Waals surface area contributed by atoms with Gasteiger partial charge in [-0.15, -0.1) is 0 Å². The number of unbranched alkanes of at least 4 members (excludes halogenated alkanes) is 1. The summed E-state index contributed by atoms with van der Waals surface area (Å²) in [6.07, 6.45) is 4.40. The molecule has 1 aromatic heterocycles. The highest BCUT2D eigenvalue weighted by atomic mass is 16.6. The first kappa shape index (κ1) is 24.8. The number of fused-ring (bicyclic) bond motifs is 1. The Balaban J connectivity index is 1.53. The van der Waals surface area contributed by atoms with Crippen LogP contribution >= 0.6 is 0 Å². The summed E-state index contributed by atoms with van der Waals surface area (Å²) in [7, 11) is 0. The lowest BCUT2D eigenvalue weighted by atomic mass is 10.1. The van der Waals surface area contributed by atoms with Crippen molar-refractivity contribution in [2.45, 2.75) is 71.4 Å². The Bertz CT molecular complexity index is 1230. The maximum absolute atomic E-state index is 13.4. The second-order valence-electron chi connectivity index (χ2n) is 10.2. The summed E-state index contributed by atoms with van der Waals surface area (Å²) < 4.78 is 7.28. The summed E-state index contributed by atoms with van der Waals surface area (Å²) in [6.45, 7) is 9.11. The van der Waals surface area contributed by atoms with Gasteiger partial charge in [-0.1, -0.05) is 25.5 Å². The minimum Gasteiger partial charge on any atom is -0.444 e. The van der Waals surface area contributed by atoms with Crippen molar-refractivity contribution in [2.24, 2.45) is 0 Å². The van der Waals surface area contributed by atoms with Gasteiger partial charge in [0.25, 0.3) is 5.56 Å². The van der Waals surface area contributed by atoms with Crippen molar-refractivity contribution < 1.29 is 9.53 Å². The molecule has 7 nitrogen and oxygen atoms in total. The van der Waals surface area contributed by atoms with E-state index in [-0.39, 0.29) is 17.7 Å². The van der Waals surface area contributed by atoms with Gasteiger partial charge in [-0.3, -0.25) is 9.36 Å². The van der Waals surface area contributed by atoms with Crippen LogP contribution in [0, 0.1) is 0 Å². The van der Waals surface area contributed by atoms with Crippen molar-refractivity contribution in [3.05, 3.63) is 64.7 Å². The van der Waals surface area contributed by atoms with E-state index in [4.69, 9.17) is 9.72 Å². The van der Waals surface area contributed by atoms with Gasteiger partial charge in [0.15, 0.2) is 0 Å². The standard InChI is InChI=1S/C28H36N4O3/c1-5-6-13-25-30-24-12-8-7-11-23(24)26(33)32(25)22-16-14-20(15-17-22)29-21-10-9-18-31(19-21)27(34)35-28(2,3)4/h7-8,11-12,14-17,21,29H,5-6,9-10,13,18-19H2,1-4H3/t21-/m1/s1. The summed E-state index contributed by atoms with van der Waals surface area (Å²) >= 11 is 0. The van der Waals surface area contributed by atoms with Crippen molar-refractivity contribution in [2.75, 3.05) is 18.4 Å². The van der Waals surface area contributed by atoms with E-state index in [1.807, 2.05) is 69.3 Å². The van der Waals surface area contributed by atoms with Crippen LogP contribution in [0.4, 0.5) is 10.5 Å². The third kappa shape index (κ3) is 6.02. The summed E-state index contributed by atoms with van der Waals surface area (Å²) in [5.74, 6) is 0.788. The fraction of sp³-hybridized carbons (Fsp3) is 0.464. The zero-order chi connectivity index (χ0) is 25.0. The molecule has 0 spiro atoms. The summed E-state index contributed by atoms with van der Waals surface area (Å²) in [5, 5.41) is 4.17. The number of aryl methyl sites for hydroxylation is 1. The molecule has 0 saturated carbocycles. The number of benzene rings is 2. The number of carbonyl (C=O) groups excluding carboxylic acids is 1. The number of para-hydroxylation sites is 1. The number of nitrogens with one attached hydrogen (secondary N) is 1. The molecule has 186 valence electrons. The number of rotatable bonds is 6. The number of aromatic nitrogens is 2. The monoisotopic (exact) mass is 476 g/mol. The highest BCUT2D eigenvalue weighted by Gasteiger charge is 2.27. The number of piperidine rings is 1. The number of carbonyl (C=O) groups is 1. The Morgan fingerprint density at radius 2 is 1.89 bits per heavy atom. The van der Waals surface area contributed by atoms with Gasteiger partial charge < -0.3 is 15.0 Å². The molecule has 1 saturated heterocycles. The molecule has 35 heavy (non-hydrogen) atoms. The first-order chi connectivity index (χ1) is 16.7. The Morgan fingerprint density at radius 3 is 2.60 bits per heavy atom. The van der Waals surface area contributed by atoms with Gasteiger partial charge in [-0.25, -0.2) is 9.78 Å². The predicted molar refractivity (Wildman–Crippen MR) is 140 cm³/mol. The zero-order valence-corrected chi connectivity index (χ0v) is 21.2. The number of hydrogen-bond acceptors (Lipinski definition) is 5. The van der Waals surface area contributed by atoms with Crippen LogP contribution in [-0.4, -0.2) is 45.3 Å². The van der Waals surface area contributed by atoms with E-state index in [0.717, 1.165) is 54.8 Å². The first-order valence-corrected chi connectivity index (χ1v) is 12.6. The van der Waals surface area contributed by atoms with E-state index in [2.05, 4.69) is 12.2 Å². The molecule has 1 aliphatic heterocycles. The molecule has 2 aromatic carbocycles. The summed E-state index contributed by atoms with van der Waals surface area (Å²) in [5.41, 5.74) is 1.97. The average molecular weight is 477 g/mol. The van der Waals surface area contributed by atoms with Crippen molar-refractivity contribution in [1.29, 1.82) is 0 Å². The Labute approximate surface area is 207 Å². The fourth-order valence-electron chi connectivity index (χ4n) is 4.48. The van der Waals surface area contributed by atoms with Crippen LogP contribution in [0.5, 0.6) is 0 Å². The average Bonchev–Trinajstić information content (AvgIpc) is 2.83. The highest BCUT2D eigenvalue weighted by Crippen LogP contribution is 2.21. The number of nitrogens with zero attached hydrogens (tertiary/aromatic N) is 3. The van der Waals surface area contributed by atoms with E-state index < -0.39 is 5.60 Å². The Morgan fingerprint density at radius 1 is 1.14 bits per heavy atom. The molecule has 2 heterocycles. The zero-order valence-electron chi connectivity index (χ0n) is 21.2. The molecular weight excluding hydrogens is 440 g/mol. The summed E-state index contributed by atoms with van der Waals surface area (Å²) in [4.78, 5) is 32.4. The van der Waals surface area contributed by atoms with E-state index in [0.29, 0.717) is 18.5 Å². The van der Waals surface area contributed by atoms with E-state index in [1.54, 1.807) is 9.47 Å². The lowest BCUT2D eigenvalue weighted by molar-refractivity contribution is 0.0206. The predicted octanol–water partition coefficient (Wildman–Crippen LogP) is 5.54. The molecule has 0 aliphatic carbocycles. The highest BCUT2D eigenvalue weighted by molar-refractivity contribution is 5.77. The second kappa shape index (κ2) is 10.5. The van der Waals surface area contributed by atoms with Gasteiger partial charge >= 0.3 is 6.09 Å². The largest absolute Gasteiger partial charge is 0.444 e. The van der Waals surface area contributed by atoms with Crippen LogP contribution in [0.2, 0.25) is 0 Å². The van der Waals surface area contributed by atoms with Crippen LogP contribution in [0.25, 0.3) is 16.6 Å². The van der Waals surface area contributed by atoms with Crippen molar-refractivity contribution in [3.63, 3.8) is 0 Å². The number of hydrogen-bond donors (Lipinski definition) is 1. The lowest BCUT2D eigenvalue weighted by Gasteiger charge is -2.34. The van der Waals surface area contributed by atoms with Gasteiger partial charge in [0, 0.05) is 31.2 Å². The quantitative estimate of drug-likeness (QED) is 0.505. The third-order valence-corrected chi connectivity index (χ3v) is 6.17. The van der Waals surface area contributed by atoms with Crippen molar-refractivity contribution in [3.8, 4) is 5.69 Å². The van der Waals surface area contributed by atoms with Gasteiger partial charge in [0.1, 0.15) is 11.4 Å². The van der Waals surface area contributed by atoms with Crippen LogP contribution in [0.3, 0.4) is 0 Å².